The van der Waals surface area contributed by atoms with Crippen LogP contribution in [0.25, 0.3) is 0 Å². The van der Waals surface area contributed by atoms with E-state index in [9.17, 15) is 9.59 Å². The first-order valence-electron chi connectivity index (χ1n) is 5.05. The van der Waals surface area contributed by atoms with Crippen molar-refractivity contribution in [2.24, 2.45) is 0 Å². The number of anilines is 2. The number of ketones is 1. The Morgan fingerprint density at radius 3 is 2.59 bits per heavy atom. The van der Waals surface area contributed by atoms with Crippen molar-refractivity contribution in [1.82, 2.24) is 0 Å². The largest absolute Gasteiger partial charge is 0.481 e. The van der Waals surface area contributed by atoms with Crippen molar-refractivity contribution >= 4 is 35.8 Å². The first-order chi connectivity index (χ1) is 7.89. The second-order valence-electron chi connectivity index (χ2n) is 4.00. The van der Waals surface area contributed by atoms with E-state index in [1.54, 1.807) is 18.2 Å². The Morgan fingerprint density at radius 2 is 2.00 bits per heavy atom. The lowest BCUT2D eigenvalue weighted by Gasteiger charge is -2.22. The minimum Gasteiger partial charge on any atom is -0.481 e. The van der Waals surface area contributed by atoms with E-state index in [4.69, 9.17) is 5.11 Å². The second-order valence-corrected chi connectivity index (χ2v) is 4.76. The maximum atomic E-state index is 11.2. The van der Waals surface area contributed by atoms with Gasteiger partial charge >= 0.3 is 5.97 Å². The van der Waals surface area contributed by atoms with Crippen LogP contribution in [0.1, 0.15) is 23.7 Å². The molecule has 1 heterocycles. The van der Waals surface area contributed by atoms with E-state index in [0.29, 0.717) is 11.3 Å². The average molecular weight is 252 g/mol. The molecule has 6 heteroatoms. The summed E-state index contributed by atoms with van der Waals surface area (Å²) in [5, 5.41) is 14.7. The summed E-state index contributed by atoms with van der Waals surface area (Å²) in [5.74, 6) is -0.996. The summed E-state index contributed by atoms with van der Waals surface area (Å²) < 4.78 is 0. The highest BCUT2D eigenvalue weighted by atomic mass is 32.1. The van der Waals surface area contributed by atoms with Gasteiger partial charge in [-0.2, -0.15) is 0 Å². The highest BCUT2D eigenvalue weighted by molar-refractivity contribution is 7.82. The van der Waals surface area contributed by atoms with Gasteiger partial charge in [0.25, 0.3) is 0 Å². The third-order valence-electron chi connectivity index (χ3n) is 2.52. The van der Waals surface area contributed by atoms with Gasteiger partial charge < -0.3 is 15.7 Å². The zero-order valence-electron chi connectivity index (χ0n) is 9.15. The average Bonchev–Trinajstić information content (AvgIpc) is 2.50. The minimum absolute atomic E-state index is 0.0375. The monoisotopic (exact) mass is 252 g/mol. The lowest BCUT2D eigenvalue weighted by molar-refractivity contribution is -0.137. The molecule has 2 rings (SSSR count). The van der Waals surface area contributed by atoms with Crippen LogP contribution in [0.2, 0.25) is 0 Å². The number of hydrogen-bond acceptors (Lipinski definition) is 5. The number of nitrogens with one attached hydrogen (secondary N) is 2. The van der Waals surface area contributed by atoms with Gasteiger partial charge in [0.05, 0.1) is 17.8 Å². The predicted octanol–water partition coefficient (Wildman–Crippen LogP) is 1.78. The maximum absolute atomic E-state index is 11.2. The van der Waals surface area contributed by atoms with E-state index >= 15 is 0 Å². The smallest absolute Gasteiger partial charge is 0.308 e. The lowest BCUT2D eigenvalue weighted by Crippen LogP contribution is -2.37. The van der Waals surface area contributed by atoms with E-state index in [1.165, 1.54) is 6.92 Å². The van der Waals surface area contributed by atoms with Crippen LogP contribution in [0.4, 0.5) is 11.4 Å². The molecule has 90 valence electrons. The van der Waals surface area contributed by atoms with Gasteiger partial charge in [-0.3, -0.25) is 9.59 Å². The number of rotatable bonds is 3. The fourth-order valence-electron chi connectivity index (χ4n) is 1.76. The molecule has 0 radical (unpaired) electrons. The number of carboxylic acids is 1. The topological polar surface area (TPSA) is 78.4 Å². The van der Waals surface area contributed by atoms with Crippen molar-refractivity contribution < 1.29 is 14.7 Å². The van der Waals surface area contributed by atoms with E-state index in [-0.39, 0.29) is 12.2 Å². The summed E-state index contributed by atoms with van der Waals surface area (Å²) in [7, 11) is 0. The number of Topliss-reactive ketones (excluding diaryl/α,β-unsaturated/α-hetero) is 1. The van der Waals surface area contributed by atoms with Gasteiger partial charge in [-0.25, -0.2) is 0 Å². The van der Waals surface area contributed by atoms with Crippen LogP contribution >= 0.6 is 12.6 Å². The number of carbonyl (C=O) groups is 2. The van der Waals surface area contributed by atoms with Crippen molar-refractivity contribution in [3.63, 3.8) is 0 Å². The van der Waals surface area contributed by atoms with Gasteiger partial charge in [0.1, 0.15) is 0 Å². The van der Waals surface area contributed by atoms with Crippen molar-refractivity contribution in [2.45, 2.75) is 18.3 Å². The third kappa shape index (κ3) is 2.36. The molecule has 0 aliphatic carbocycles. The normalized spacial score (nSPS) is 21.3. The molecule has 0 saturated carbocycles. The summed E-state index contributed by atoms with van der Waals surface area (Å²) in [5.41, 5.74) is 2.01. The summed E-state index contributed by atoms with van der Waals surface area (Å²) in [6.45, 7) is 1.48. The standard InChI is InChI=1S/C11H12N2O3S/c1-6(14)7-2-3-8-9(4-7)13-11(17,12-8)5-10(15)16/h2-4,12-13,17H,5H2,1H3,(H,15,16). The maximum Gasteiger partial charge on any atom is 0.308 e. The van der Waals surface area contributed by atoms with Gasteiger partial charge in [0.15, 0.2) is 10.8 Å². The fourth-order valence-corrected chi connectivity index (χ4v) is 2.14. The molecule has 1 aromatic rings. The molecule has 17 heavy (non-hydrogen) atoms. The highest BCUT2D eigenvalue weighted by Crippen LogP contribution is 2.38. The summed E-state index contributed by atoms with van der Waals surface area (Å²) in [6, 6.07) is 5.11. The SMILES string of the molecule is CC(=O)c1ccc2c(c1)NC(S)(CC(=O)O)N2. The van der Waals surface area contributed by atoms with Crippen LogP contribution in [-0.4, -0.2) is 21.9 Å². The molecule has 5 nitrogen and oxygen atoms in total. The van der Waals surface area contributed by atoms with Gasteiger partial charge in [-0.1, -0.05) is 0 Å². The second kappa shape index (κ2) is 3.96. The summed E-state index contributed by atoms with van der Waals surface area (Å²) >= 11 is 4.26. The number of carboxylic acid groups (broad SMARTS) is 1. The van der Waals surface area contributed by atoms with Crippen molar-refractivity contribution in [3.05, 3.63) is 23.8 Å². The van der Waals surface area contributed by atoms with Gasteiger partial charge in [-0.05, 0) is 25.1 Å². The lowest BCUT2D eigenvalue weighted by atomic mass is 10.1. The molecule has 1 aliphatic heterocycles. The summed E-state index contributed by atoms with van der Waals surface area (Å²) in [4.78, 5) is 20.9. The van der Waals surface area contributed by atoms with E-state index in [1.807, 2.05) is 0 Å². The van der Waals surface area contributed by atoms with Crippen molar-refractivity contribution in [2.75, 3.05) is 10.6 Å². The zero-order chi connectivity index (χ0) is 12.6. The van der Waals surface area contributed by atoms with Crippen LogP contribution in [0.3, 0.4) is 0 Å². The van der Waals surface area contributed by atoms with Crippen molar-refractivity contribution in [1.29, 1.82) is 0 Å². The van der Waals surface area contributed by atoms with E-state index in [0.717, 1.165) is 5.69 Å². The molecule has 1 aromatic carbocycles. The van der Waals surface area contributed by atoms with Crippen LogP contribution in [-0.2, 0) is 4.79 Å². The number of benzene rings is 1. The number of aliphatic carboxylic acids is 1. The molecule has 3 N–H and O–H groups in total. The molecule has 0 bridgehead atoms. The predicted molar refractivity (Wildman–Crippen MR) is 67.7 cm³/mol. The van der Waals surface area contributed by atoms with E-state index < -0.39 is 11.0 Å². The Kier molecular flexibility index (Phi) is 2.74. The molecule has 1 unspecified atom stereocenters. The van der Waals surface area contributed by atoms with Crippen LogP contribution < -0.4 is 10.6 Å². The highest BCUT2D eigenvalue weighted by Gasteiger charge is 2.35. The molecule has 1 aliphatic rings. The molecule has 0 fully saturated rings. The van der Waals surface area contributed by atoms with Crippen LogP contribution in [0, 0.1) is 0 Å². The Hall–Kier alpha value is -1.69. The fraction of sp³-hybridized carbons (Fsp3) is 0.273. The Morgan fingerprint density at radius 1 is 1.35 bits per heavy atom. The molecule has 0 saturated heterocycles. The van der Waals surface area contributed by atoms with Gasteiger partial charge in [0, 0.05) is 5.56 Å². The van der Waals surface area contributed by atoms with Crippen molar-refractivity contribution in [3.8, 4) is 0 Å². The number of thiol groups is 1. The third-order valence-corrected chi connectivity index (χ3v) is 2.90. The minimum atomic E-state index is -1.01. The molecule has 0 amide bonds. The first-order valence-corrected chi connectivity index (χ1v) is 5.50. The molecular weight excluding hydrogens is 240 g/mol. The molecular formula is C11H12N2O3S. The number of carbonyl (C=O) groups excluding carboxylic acids is 1. The Labute approximate surface area is 104 Å². The number of hydrogen-bond donors (Lipinski definition) is 4. The quantitative estimate of drug-likeness (QED) is 0.487. The first kappa shape index (κ1) is 11.8. The Bertz CT molecular complexity index is 503. The molecule has 1 atom stereocenters. The van der Waals surface area contributed by atoms with Gasteiger partial charge in [0.2, 0.25) is 0 Å². The Balaban J connectivity index is 2.27. The molecule has 0 spiro atoms. The van der Waals surface area contributed by atoms with Crippen LogP contribution in [0.5, 0.6) is 0 Å². The summed E-state index contributed by atoms with van der Waals surface area (Å²) in [6.07, 6.45) is -0.180. The molecule has 0 aromatic heterocycles. The van der Waals surface area contributed by atoms with Crippen LogP contribution in [0.15, 0.2) is 18.2 Å². The van der Waals surface area contributed by atoms with Gasteiger partial charge in [-0.15, -0.1) is 12.6 Å². The zero-order valence-corrected chi connectivity index (χ0v) is 10.0. The number of fused-ring (bicyclic) bond motifs is 1. The van der Waals surface area contributed by atoms with E-state index in [2.05, 4.69) is 23.3 Å².